The van der Waals surface area contributed by atoms with Crippen LogP contribution >= 0.6 is 0 Å². The molecule has 1 saturated heterocycles. The van der Waals surface area contributed by atoms with Crippen molar-refractivity contribution in [3.05, 3.63) is 54.1 Å². The van der Waals surface area contributed by atoms with Crippen LogP contribution in [0.3, 0.4) is 0 Å². The van der Waals surface area contributed by atoms with Crippen molar-refractivity contribution >= 4 is 21.6 Å². The quantitative estimate of drug-likeness (QED) is 0.642. The largest absolute Gasteiger partial charge is 0.497 e. The zero-order chi connectivity index (χ0) is 22.4. The van der Waals surface area contributed by atoms with E-state index in [4.69, 9.17) is 4.74 Å². The summed E-state index contributed by atoms with van der Waals surface area (Å²) in [5, 5.41) is 2.98. The molecule has 0 radical (unpaired) electrons. The van der Waals surface area contributed by atoms with Gasteiger partial charge in [0.2, 0.25) is 0 Å². The molecule has 1 aliphatic heterocycles. The molecule has 1 aliphatic rings. The number of carbonyl (C=O) groups is 1. The lowest BCUT2D eigenvalue weighted by Crippen LogP contribution is -2.42. The van der Waals surface area contributed by atoms with Gasteiger partial charge in [-0.3, -0.25) is 14.0 Å². The van der Waals surface area contributed by atoms with Crippen molar-refractivity contribution in [2.45, 2.75) is 37.1 Å². The molecule has 1 amide bonds. The summed E-state index contributed by atoms with van der Waals surface area (Å²) in [7, 11) is -0.765. The Kier molecular flexibility index (Phi) is 7.56. The monoisotopic (exact) mass is 445 g/mol. The topological polar surface area (TPSA) is 79.0 Å². The van der Waals surface area contributed by atoms with E-state index in [1.54, 1.807) is 43.5 Å². The summed E-state index contributed by atoms with van der Waals surface area (Å²) in [6.07, 6.45) is 3.36. The average molecular weight is 446 g/mol. The maximum atomic E-state index is 13.1. The van der Waals surface area contributed by atoms with Crippen LogP contribution in [0, 0.1) is 0 Å². The summed E-state index contributed by atoms with van der Waals surface area (Å²) in [5.74, 6) is 0.384. The summed E-state index contributed by atoms with van der Waals surface area (Å²) in [6.45, 7) is 4.81. The highest BCUT2D eigenvalue weighted by molar-refractivity contribution is 7.92. The second-order valence-corrected chi connectivity index (χ2v) is 9.68. The maximum absolute atomic E-state index is 13.1. The molecule has 31 heavy (non-hydrogen) atoms. The fraction of sp³-hybridized carbons (Fsp3) is 0.435. The molecule has 1 heterocycles. The lowest BCUT2D eigenvalue weighted by atomic mass is 10.1. The van der Waals surface area contributed by atoms with Crippen LogP contribution in [0.4, 0.5) is 5.69 Å². The Labute approximate surface area is 185 Å². The molecule has 0 saturated carbocycles. The number of amides is 1. The van der Waals surface area contributed by atoms with E-state index in [1.807, 2.05) is 0 Å². The third-order valence-corrected chi connectivity index (χ3v) is 7.60. The van der Waals surface area contributed by atoms with Gasteiger partial charge < -0.3 is 10.1 Å². The van der Waals surface area contributed by atoms with Gasteiger partial charge in [-0.2, -0.15) is 0 Å². The highest BCUT2D eigenvalue weighted by Crippen LogP contribution is 2.24. The van der Waals surface area contributed by atoms with Gasteiger partial charge in [-0.15, -0.1) is 0 Å². The Bertz CT molecular complexity index is 986. The third kappa shape index (κ3) is 5.37. The summed E-state index contributed by atoms with van der Waals surface area (Å²) in [4.78, 5) is 15.2. The number of carbonyl (C=O) groups excluding carboxylic acids is 1. The standard InChI is InChI=1S/C23H31N3O4S/c1-4-19(26-14-5-6-15-26)17-24-23(27)18-8-7-9-22(16-18)31(28,29)25(2)20-10-12-21(30-3)13-11-20/h7-13,16,19H,4-6,14-15,17H2,1-3H3,(H,24,27). The van der Waals surface area contributed by atoms with Crippen molar-refractivity contribution in [3.8, 4) is 5.75 Å². The van der Waals surface area contributed by atoms with Crippen LogP contribution in [0.2, 0.25) is 0 Å². The number of ether oxygens (including phenoxy) is 1. The Hall–Kier alpha value is -2.58. The molecule has 0 bridgehead atoms. The van der Waals surface area contributed by atoms with Gasteiger partial charge in [0.1, 0.15) is 5.75 Å². The smallest absolute Gasteiger partial charge is 0.264 e. The Morgan fingerprint density at radius 1 is 1.16 bits per heavy atom. The van der Waals surface area contributed by atoms with Gasteiger partial charge >= 0.3 is 0 Å². The Morgan fingerprint density at radius 2 is 1.84 bits per heavy atom. The fourth-order valence-corrected chi connectivity index (χ4v) is 5.08. The minimum Gasteiger partial charge on any atom is -0.497 e. The molecule has 3 rings (SSSR count). The predicted octanol–water partition coefficient (Wildman–Crippen LogP) is 3.12. The first kappa shape index (κ1) is 23.1. The molecule has 2 aromatic carbocycles. The number of anilines is 1. The van der Waals surface area contributed by atoms with Crippen molar-refractivity contribution in [1.29, 1.82) is 0 Å². The first-order chi connectivity index (χ1) is 14.9. The molecule has 1 fully saturated rings. The van der Waals surface area contributed by atoms with E-state index < -0.39 is 10.0 Å². The number of benzene rings is 2. The number of nitrogens with zero attached hydrogens (tertiary/aromatic N) is 2. The number of rotatable bonds is 9. The van der Waals surface area contributed by atoms with Crippen LogP contribution < -0.4 is 14.4 Å². The highest BCUT2D eigenvalue weighted by atomic mass is 32.2. The summed E-state index contributed by atoms with van der Waals surface area (Å²) >= 11 is 0. The number of sulfonamides is 1. The highest BCUT2D eigenvalue weighted by Gasteiger charge is 2.24. The fourth-order valence-electron chi connectivity index (χ4n) is 3.84. The molecular weight excluding hydrogens is 414 g/mol. The molecular formula is C23H31N3O4S. The lowest BCUT2D eigenvalue weighted by Gasteiger charge is -2.26. The zero-order valence-electron chi connectivity index (χ0n) is 18.4. The van der Waals surface area contributed by atoms with E-state index in [9.17, 15) is 13.2 Å². The Morgan fingerprint density at radius 3 is 2.45 bits per heavy atom. The second-order valence-electron chi connectivity index (χ2n) is 7.71. The van der Waals surface area contributed by atoms with Gasteiger partial charge in [0, 0.05) is 25.2 Å². The van der Waals surface area contributed by atoms with Gasteiger partial charge in [-0.25, -0.2) is 8.42 Å². The van der Waals surface area contributed by atoms with E-state index in [0.717, 1.165) is 19.5 Å². The molecule has 7 nitrogen and oxygen atoms in total. The van der Waals surface area contributed by atoms with E-state index >= 15 is 0 Å². The van der Waals surface area contributed by atoms with Crippen molar-refractivity contribution < 1.29 is 17.9 Å². The van der Waals surface area contributed by atoms with Gasteiger partial charge in [0.15, 0.2) is 0 Å². The zero-order valence-corrected chi connectivity index (χ0v) is 19.2. The van der Waals surface area contributed by atoms with Gasteiger partial charge in [0.25, 0.3) is 15.9 Å². The van der Waals surface area contributed by atoms with E-state index in [0.29, 0.717) is 29.6 Å². The number of likely N-dealkylation sites (tertiary alicyclic amines) is 1. The number of hydrogen-bond acceptors (Lipinski definition) is 5. The van der Waals surface area contributed by atoms with Gasteiger partial charge in [-0.05, 0) is 74.8 Å². The number of hydrogen-bond donors (Lipinski definition) is 1. The second kappa shape index (κ2) is 10.2. The van der Waals surface area contributed by atoms with Crippen LogP contribution in [0.15, 0.2) is 53.4 Å². The number of nitrogens with one attached hydrogen (secondary N) is 1. The van der Waals surface area contributed by atoms with Crippen molar-refractivity contribution in [2.75, 3.05) is 38.1 Å². The molecule has 1 N–H and O–H groups in total. The predicted molar refractivity (Wildman–Crippen MR) is 122 cm³/mol. The number of methoxy groups -OCH3 is 1. The SMILES string of the molecule is CCC(CNC(=O)c1cccc(S(=O)(=O)N(C)c2ccc(OC)cc2)c1)N1CCCC1. The first-order valence-electron chi connectivity index (χ1n) is 10.6. The minimum absolute atomic E-state index is 0.0741. The van der Waals surface area contributed by atoms with Crippen molar-refractivity contribution in [3.63, 3.8) is 0 Å². The van der Waals surface area contributed by atoms with E-state index in [2.05, 4.69) is 17.1 Å². The third-order valence-electron chi connectivity index (χ3n) is 5.82. The molecule has 0 aliphatic carbocycles. The molecule has 2 aromatic rings. The van der Waals surface area contributed by atoms with Crippen LogP contribution in [0.25, 0.3) is 0 Å². The molecule has 0 spiro atoms. The molecule has 1 unspecified atom stereocenters. The van der Waals surface area contributed by atoms with E-state index in [-0.39, 0.29) is 10.8 Å². The molecule has 1 atom stereocenters. The van der Waals surface area contributed by atoms with Crippen LogP contribution in [0.1, 0.15) is 36.5 Å². The van der Waals surface area contributed by atoms with Crippen molar-refractivity contribution in [1.82, 2.24) is 10.2 Å². The summed E-state index contributed by atoms with van der Waals surface area (Å²) < 4.78 is 32.5. The molecule has 168 valence electrons. The van der Waals surface area contributed by atoms with Crippen LogP contribution in [0.5, 0.6) is 5.75 Å². The maximum Gasteiger partial charge on any atom is 0.264 e. The minimum atomic E-state index is -3.81. The van der Waals surface area contributed by atoms with Gasteiger partial charge in [0.05, 0.1) is 17.7 Å². The van der Waals surface area contributed by atoms with E-state index in [1.165, 1.54) is 36.3 Å². The molecule has 0 aromatic heterocycles. The van der Waals surface area contributed by atoms with Crippen LogP contribution in [-0.4, -0.2) is 59.1 Å². The first-order valence-corrected chi connectivity index (χ1v) is 12.1. The normalized spacial score (nSPS) is 15.5. The summed E-state index contributed by atoms with van der Waals surface area (Å²) in [6, 6.07) is 13.2. The van der Waals surface area contributed by atoms with Crippen molar-refractivity contribution in [2.24, 2.45) is 0 Å². The van der Waals surface area contributed by atoms with Gasteiger partial charge in [-0.1, -0.05) is 13.0 Å². The summed E-state index contributed by atoms with van der Waals surface area (Å²) in [5.41, 5.74) is 0.840. The average Bonchev–Trinajstić information content (AvgIpc) is 3.33. The van der Waals surface area contributed by atoms with Crippen LogP contribution in [-0.2, 0) is 10.0 Å². The molecule has 8 heteroatoms. The Balaban J connectivity index is 1.72. The lowest BCUT2D eigenvalue weighted by molar-refractivity contribution is 0.0937.